The van der Waals surface area contributed by atoms with Gasteiger partial charge in [-0.3, -0.25) is 19.5 Å². The summed E-state index contributed by atoms with van der Waals surface area (Å²) in [5, 5.41) is 14.8. The number of hydrogen-bond donors (Lipinski definition) is 2. The Balaban J connectivity index is 1.56. The lowest BCUT2D eigenvalue weighted by atomic mass is 10.0. The summed E-state index contributed by atoms with van der Waals surface area (Å²) >= 11 is 0. The summed E-state index contributed by atoms with van der Waals surface area (Å²) in [5.41, 5.74) is 2.13. The number of anilines is 5. The Kier molecular flexibility index (Phi) is 6.71. The molecule has 0 spiro atoms. The van der Waals surface area contributed by atoms with Crippen molar-refractivity contribution in [3.8, 4) is 11.3 Å². The van der Waals surface area contributed by atoms with Crippen molar-refractivity contribution in [1.29, 1.82) is 0 Å². The van der Waals surface area contributed by atoms with E-state index in [4.69, 9.17) is 9.97 Å². The molecule has 15 heteroatoms. The van der Waals surface area contributed by atoms with Crippen LogP contribution in [0.3, 0.4) is 0 Å². The lowest BCUT2D eigenvalue weighted by molar-refractivity contribution is -0.117. The highest BCUT2D eigenvalue weighted by Crippen LogP contribution is 2.49. The van der Waals surface area contributed by atoms with E-state index in [1.54, 1.807) is 28.9 Å². The Morgan fingerprint density at radius 1 is 1.14 bits per heavy atom. The van der Waals surface area contributed by atoms with E-state index in [1.807, 2.05) is 6.92 Å². The molecule has 42 heavy (non-hydrogen) atoms. The molecule has 1 saturated heterocycles. The van der Waals surface area contributed by atoms with Gasteiger partial charge in [0.15, 0.2) is 27.3 Å². The number of rotatable bonds is 8. The monoisotopic (exact) mass is 597 g/mol. The number of carbonyl (C=O) groups excluding carboxylic acids is 1. The Morgan fingerprint density at radius 2 is 1.86 bits per heavy atom. The zero-order valence-electron chi connectivity index (χ0n) is 23.4. The van der Waals surface area contributed by atoms with Crippen molar-refractivity contribution in [2.45, 2.75) is 43.4 Å². The Morgan fingerprint density at radius 3 is 2.43 bits per heavy atom. The Hall–Kier alpha value is -4.40. The molecule has 2 N–H and O–H groups in total. The average Bonchev–Trinajstić information content (AvgIpc) is 3.36. The van der Waals surface area contributed by atoms with Crippen molar-refractivity contribution in [3.63, 3.8) is 0 Å². The third-order valence-electron chi connectivity index (χ3n) is 7.42. The molecular formula is C27H29F2N9O3S. The number of aryl methyl sites for hydroxylation is 2. The van der Waals surface area contributed by atoms with E-state index in [1.165, 1.54) is 7.05 Å². The summed E-state index contributed by atoms with van der Waals surface area (Å²) in [6.45, 7) is 2.38. The van der Waals surface area contributed by atoms with Gasteiger partial charge in [-0.2, -0.15) is 15.2 Å². The zero-order chi connectivity index (χ0) is 29.9. The van der Waals surface area contributed by atoms with Crippen molar-refractivity contribution in [3.05, 3.63) is 47.3 Å². The highest BCUT2D eigenvalue weighted by Gasteiger charge is 2.36. The minimum Gasteiger partial charge on any atom is -0.323 e. The first kappa shape index (κ1) is 27.8. The van der Waals surface area contributed by atoms with Crippen molar-refractivity contribution in [2.75, 3.05) is 35.0 Å². The summed E-state index contributed by atoms with van der Waals surface area (Å²) in [7, 11) is -0.709. The standard InChI is InChI=1S/C27H29F2N9O3S/c1-14-10-20(35-34-14)31-25-22(15-7-8-15)23(17-13-30-37(3)26(17)38-9-5-6-21(38)39)32-27(33-25)36(2)24-18(28)11-16(12-19(24)29)42(4,40)41/h10-13,15H,5-9H2,1-4H3,(H2,31,32,33,34,35). The van der Waals surface area contributed by atoms with E-state index >= 15 is 8.78 Å². The van der Waals surface area contributed by atoms with Crippen LogP contribution < -0.4 is 15.1 Å². The third kappa shape index (κ3) is 4.97. The molecule has 1 amide bonds. The van der Waals surface area contributed by atoms with E-state index in [0.717, 1.165) is 47.4 Å². The molecule has 2 fully saturated rings. The second kappa shape index (κ2) is 10.2. The molecule has 12 nitrogen and oxygen atoms in total. The van der Waals surface area contributed by atoms with Crippen LogP contribution in [0, 0.1) is 18.6 Å². The van der Waals surface area contributed by atoms with Crippen LogP contribution in [0.25, 0.3) is 11.3 Å². The van der Waals surface area contributed by atoms with Crippen LogP contribution in [0.4, 0.5) is 37.9 Å². The van der Waals surface area contributed by atoms with E-state index in [0.29, 0.717) is 48.1 Å². The van der Waals surface area contributed by atoms with Gasteiger partial charge >= 0.3 is 0 Å². The second-order valence-corrected chi connectivity index (χ2v) is 12.7. The maximum absolute atomic E-state index is 15.3. The zero-order valence-corrected chi connectivity index (χ0v) is 24.3. The molecule has 4 aromatic rings. The summed E-state index contributed by atoms with van der Waals surface area (Å²) in [4.78, 5) is 24.6. The average molecular weight is 598 g/mol. The molecule has 6 rings (SSSR count). The predicted molar refractivity (Wildman–Crippen MR) is 152 cm³/mol. The van der Waals surface area contributed by atoms with Gasteiger partial charge in [0.2, 0.25) is 11.9 Å². The van der Waals surface area contributed by atoms with Gasteiger partial charge in [0, 0.05) is 50.6 Å². The molecule has 0 unspecified atom stereocenters. The van der Waals surface area contributed by atoms with Crippen LogP contribution >= 0.6 is 0 Å². The number of aromatic amines is 1. The predicted octanol–water partition coefficient (Wildman–Crippen LogP) is 4.11. The van der Waals surface area contributed by atoms with Gasteiger partial charge in [0.05, 0.1) is 22.3 Å². The highest BCUT2D eigenvalue weighted by molar-refractivity contribution is 7.90. The van der Waals surface area contributed by atoms with Gasteiger partial charge in [-0.15, -0.1) is 0 Å². The largest absolute Gasteiger partial charge is 0.323 e. The van der Waals surface area contributed by atoms with Gasteiger partial charge in [-0.25, -0.2) is 22.2 Å². The van der Waals surface area contributed by atoms with E-state index in [2.05, 4.69) is 20.6 Å². The van der Waals surface area contributed by atoms with E-state index < -0.39 is 32.1 Å². The molecule has 0 radical (unpaired) electrons. The first-order valence-corrected chi connectivity index (χ1v) is 15.3. The van der Waals surface area contributed by atoms with Crippen LogP contribution in [-0.2, 0) is 21.7 Å². The second-order valence-electron chi connectivity index (χ2n) is 10.7. The third-order valence-corrected chi connectivity index (χ3v) is 8.51. The number of H-pyrrole nitrogens is 1. The van der Waals surface area contributed by atoms with Crippen molar-refractivity contribution in [2.24, 2.45) is 7.05 Å². The molecule has 0 atom stereocenters. The van der Waals surface area contributed by atoms with E-state index in [9.17, 15) is 13.2 Å². The Bertz CT molecular complexity index is 1810. The van der Waals surface area contributed by atoms with Gasteiger partial charge in [0.25, 0.3) is 0 Å². The normalized spacial score (nSPS) is 15.5. The Labute approximate surface area is 240 Å². The number of aromatic nitrogens is 6. The number of benzene rings is 1. The van der Waals surface area contributed by atoms with Crippen LogP contribution in [0.2, 0.25) is 0 Å². The first-order chi connectivity index (χ1) is 19.9. The smallest absolute Gasteiger partial charge is 0.232 e. The number of carbonyl (C=O) groups is 1. The molecule has 1 aliphatic carbocycles. The van der Waals surface area contributed by atoms with Gasteiger partial charge in [0.1, 0.15) is 17.3 Å². The van der Waals surface area contributed by atoms with Crippen LogP contribution in [0.5, 0.6) is 0 Å². The quantitative estimate of drug-likeness (QED) is 0.307. The molecule has 1 saturated carbocycles. The fourth-order valence-corrected chi connectivity index (χ4v) is 5.87. The van der Waals surface area contributed by atoms with Gasteiger partial charge in [-0.05, 0) is 44.2 Å². The van der Waals surface area contributed by atoms with Crippen LogP contribution in [0.1, 0.15) is 42.9 Å². The summed E-state index contributed by atoms with van der Waals surface area (Å²) in [6, 6.07) is 3.34. The fraction of sp³-hybridized carbons (Fsp3) is 0.370. The van der Waals surface area contributed by atoms with Crippen molar-refractivity contribution >= 4 is 44.8 Å². The molecule has 4 heterocycles. The molecule has 1 aromatic carbocycles. The number of nitrogens with one attached hydrogen (secondary N) is 2. The lowest BCUT2D eigenvalue weighted by Crippen LogP contribution is -2.27. The SMILES string of the molecule is Cc1cc(Nc2nc(N(C)c3c(F)cc(S(C)(=O)=O)cc3F)nc(-c3cnn(C)c3N3CCCC3=O)c2C2CC2)n[nH]1. The van der Waals surface area contributed by atoms with E-state index in [-0.39, 0.29) is 17.8 Å². The lowest BCUT2D eigenvalue weighted by Gasteiger charge is -2.24. The fourth-order valence-electron chi connectivity index (χ4n) is 5.24. The molecule has 1 aliphatic heterocycles. The topological polar surface area (TPSA) is 142 Å². The highest BCUT2D eigenvalue weighted by atomic mass is 32.2. The molecule has 220 valence electrons. The molecular weight excluding hydrogens is 568 g/mol. The molecule has 2 aliphatic rings. The number of sulfone groups is 1. The van der Waals surface area contributed by atoms with Gasteiger partial charge in [-0.1, -0.05) is 0 Å². The number of nitrogens with zero attached hydrogens (tertiary/aromatic N) is 7. The molecule has 0 bridgehead atoms. The minimum atomic E-state index is -3.85. The number of hydrogen-bond acceptors (Lipinski definition) is 9. The number of amides is 1. The number of halogens is 2. The van der Waals surface area contributed by atoms with Gasteiger partial charge < -0.3 is 10.2 Å². The van der Waals surface area contributed by atoms with Crippen molar-refractivity contribution < 1.29 is 22.0 Å². The maximum Gasteiger partial charge on any atom is 0.232 e. The summed E-state index contributed by atoms with van der Waals surface area (Å²) in [5.74, 6) is -0.699. The first-order valence-electron chi connectivity index (χ1n) is 13.4. The summed E-state index contributed by atoms with van der Waals surface area (Å²) in [6.07, 6.45) is 5.41. The summed E-state index contributed by atoms with van der Waals surface area (Å²) < 4.78 is 56.1. The minimum absolute atomic E-state index is 0.0281. The maximum atomic E-state index is 15.3. The van der Waals surface area contributed by atoms with Crippen LogP contribution in [0.15, 0.2) is 29.3 Å². The molecule has 3 aromatic heterocycles. The van der Waals surface area contributed by atoms with Crippen LogP contribution in [-0.4, -0.2) is 64.1 Å². The van der Waals surface area contributed by atoms with Crippen molar-refractivity contribution in [1.82, 2.24) is 29.9 Å².